The van der Waals surface area contributed by atoms with E-state index in [1.165, 1.54) is 12.8 Å². The number of likely N-dealkylation sites (tertiary alicyclic amines) is 1. The first-order chi connectivity index (χ1) is 12.6. The Bertz CT molecular complexity index is 783. The first-order valence-corrected chi connectivity index (χ1v) is 9.27. The van der Waals surface area contributed by atoms with Crippen molar-refractivity contribution in [3.8, 4) is 17.3 Å². The summed E-state index contributed by atoms with van der Waals surface area (Å²) in [6.45, 7) is 2.96. The van der Waals surface area contributed by atoms with Gasteiger partial charge in [-0.25, -0.2) is 0 Å². The van der Waals surface area contributed by atoms with Gasteiger partial charge in [-0.2, -0.15) is 4.98 Å². The molecule has 7 nitrogen and oxygen atoms in total. The summed E-state index contributed by atoms with van der Waals surface area (Å²) in [6.07, 6.45) is 6.69. The number of ether oxygens (including phenoxy) is 1. The van der Waals surface area contributed by atoms with Crippen LogP contribution in [0.15, 0.2) is 22.9 Å². The maximum Gasteiger partial charge on any atom is 0.232 e. The number of carbonyl (C=O) groups is 1. The maximum atomic E-state index is 12.5. The zero-order chi connectivity index (χ0) is 18.1. The molecule has 1 aliphatic heterocycles. The van der Waals surface area contributed by atoms with Gasteiger partial charge in [-0.3, -0.25) is 9.78 Å². The van der Waals surface area contributed by atoms with Crippen LogP contribution >= 0.6 is 0 Å². The van der Waals surface area contributed by atoms with Gasteiger partial charge >= 0.3 is 0 Å². The number of carbonyl (C=O) groups excluding carboxylic acids is 1. The molecule has 4 rings (SSSR count). The molecule has 7 heteroatoms. The quantitative estimate of drug-likeness (QED) is 0.837. The molecule has 3 heterocycles. The number of pyridine rings is 1. The Morgan fingerprint density at radius 2 is 2.08 bits per heavy atom. The molecule has 1 aliphatic carbocycles. The lowest BCUT2D eigenvalue weighted by Crippen LogP contribution is -2.38. The minimum atomic E-state index is -0.0336. The van der Waals surface area contributed by atoms with Crippen molar-refractivity contribution in [2.24, 2.45) is 5.92 Å². The second-order valence-electron chi connectivity index (χ2n) is 7.40. The predicted molar refractivity (Wildman–Crippen MR) is 94.6 cm³/mol. The maximum absolute atomic E-state index is 12.5. The van der Waals surface area contributed by atoms with Crippen molar-refractivity contribution in [1.82, 2.24) is 20.0 Å². The highest BCUT2D eigenvalue weighted by Gasteiger charge is 2.38. The van der Waals surface area contributed by atoms with Crippen LogP contribution in [-0.2, 0) is 4.79 Å². The van der Waals surface area contributed by atoms with Crippen LogP contribution in [-0.4, -0.2) is 45.6 Å². The minimum Gasteiger partial charge on any atom is -0.497 e. The van der Waals surface area contributed by atoms with Gasteiger partial charge in [0.1, 0.15) is 11.4 Å². The Kier molecular flexibility index (Phi) is 4.61. The molecule has 138 valence electrons. The van der Waals surface area contributed by atoms with Gasteiger partial charge in [-0.1, -0.05) is 12.1 Å². The van der Waals surface area contributed by atoms with E-state index in [-0.39, 0.29) is 11.8 Å². The highest BCUT2D eigenvalue weighted by molar-refractivity contribution is 5.79. The number of nitrogens with zero attached hydrogens (tertiary/aromatic N) is 4. The van der Waals surface area contributed by atoms with E-state index in [2.05, 4.69) is 22.0 Å². The average molecular weight is 356 g/mol. The van der Waals surface area contributed by atoms with Crippen molar-refractivity contribution in [2.45, 2.75) is 51.0 Å². The molecule has 1 saturated heterocycles. The number of hydrogen-bond donors (Lipinski definition) is 0. The van der Waals surface area contributed by atoms with E-state index in [1.54, 1.807) is 25.4 Å². The highest BCUT2D eigenvalue weighted by atomic mass is 16.5. The molecule has 0 N–H and O–H groups in total. The Hall–Kier alpha value is -2.44. The third kappa shape index (κ3) is 3.30. The van der Waals surface area contributed by atoms with Crippen molar-refractivity contribution in [2.75, 3.05) is 13.7 Å². The van der Waals surface area contributed by atoms with Crippen molar-refractivity contribution < 1.29 is 14.1 Å². The molecule has 1 unspecified atom stereocenters. The topological polar surface area (TPSA) is 81.3 Å². The van der Waals surface area contributed by atoms with Crippen molar-refractivity contribution in [3.05, 3.63) is 24.2 Å². The molecular formula is C19H24N4O3. The summed E-state index contributed by atoms with van der Waals surface area (Å²) < 4.78 is 10.7. The van der Waals surface area contributed by atoms with Gasteiger partial charge in [0.05, 0.1) is 13.0 Å². The SMILES string of the molecule is COc1ccnc(-c2noc(C3CC(=O)N(C4CCC(C)CC4)C3)n2)c1. The van der Waals surface area contributed by atoms with Gasteiger partial charge in [0.2, 0.25) is 17.6 Å². The van der Waals surface area contributed by atoms with Crippen LogP contribution in [0.4, 0.5) is 0 Å². The third-order valence-electron chi connectivity index (χ3n) is 5.57. The minimum absolute atomic E-state index is 0.0336. The van der Waals surface area contributed by atoms with Crippen LogP contribution in [0, 0.1) is 5.92 Å². The molecular weight excluding hydrogens is 332 g/mol. The van der Waals surface area contributed by atoms with E-state index in [0.29, 0.717) is 42.2 Å². The fourth-order valence-corrected chi connectivity index (χ4v) is 3.97. The summed E-state index contributed by atoms with van der Waals surface area (Å²) in [4.78, 5) is 23.3. The van der Waals surface area contributed by atoms with Crippen LogP contribution in [0.5, 0.6) is 5.75 Å². The van der Waals surface area contributed by atoms with Gasteiger partial charge in [0.25, 0.3) is 0 Å². The van der Waals surface area contributed by atoms with Gasteiger partial charge in [-0.05, 0) is 37.7 Å². The van der Waals surface area contributed by atoms with E-state index in [9.17, 15) is 4.79 Å². The number of hydrogen-bond acceptors (Lipinski definition) is 6. The zero-order valence-corrected chi connectivity index (χ0v) is 15.2. The zero-order valence-electron chi connectivity index (χ0n) is 15.2. The Morgan fingerprint density at radius 1 is 1.27 bits per heavy atom. The molecule has 0 spiro atoms. The molecule has 2 aromatic heterocycles. The van der Waals surface area contributed by atoms with Gasteiger partial charge < -0.3 is 14.2 Å². The van der Waals surface area contributed by atoms with E-state index >= 15 is 0 Å². The molecule has 0 aromatic carbocycles. The lowest BCUT2D eigenvalue weighted by Gasteiger charge is -2.33. The number of rotatable bonds is 4. The van der Waals surface area contributed by atoms with Gasteiger partial charge in [0, 0.05) is 31.3 Å². The largest absolute Gasteiger partial charge is 0.497 e. The highest BCUT2D eigenvalue weighted by Crippen LogP contribution is 2.34. The summed E-state index contributed by atoms with van der Waals surface area (Å²) in [5, 5.41) is 4.04. The van der Waals surface area contributed by atoms with E-state index in [0.717, 1.165) is 18.8 Å². The molecule has 0 radical (unpaired) electrons. The predicted octanol–water partition coefficient (Wildman–Crippen LogP) is 3.03. The van der Waals surface area contributed by atoms with Gasteiger partial charge in [0.15, 0.2) is 0 Å². The van der Waals surface area contributed by atoms with Gasteiger partial charge in [-0.15, -0.1) is 0 Å². The van der Waals surface area contributed by atoms with Crippen molar-refractivity contribution >= 4 is 5.91 Å². The van der Waals surface area contributed by atoms with Crippen molar-refractivity contribution in [1.29, 1.82) is 0 Å². The van der Waals surface area contributed by atoms with Crippen LogP contribution in [0.1, 0.15) is 50.8 Å². The monoisotopic (exact) mass is 356 g/mol. The summed E-state index contributed by atoms with van der Waals surface area (Å²) in [5.41, 5.74) is 0.599. The number of amides is 1. The van der Waals surface area contributed by atoms with E-state index < -0.39 is 0 Å². The molecule has 2 aliphatic rings. The van der Waals surface area contributed by atoms with Crippen LogP contribution in [0.25, 0.3) is 11.5 Å². The smallest absolute Gasteiger partial charge is 0.232 e. The normalized spacial score (nSPS) is 26.3. The second-order valence-corrected chi connectivity index (χ2v) is 7.40. The molecule has 0 bridgehead atoms. The molecule has 1 saturated carbocycles. The number of methoxy groups -OCH3 is 1. The lowest BCUT2D eigenvalue weighted by atomic mass is 9.87. The summed E-state index contributed by atoms with van der Waals surface area (Å²) in [5.74, 6) is 2.58. The second kappa shape index (κ2) is 7.05. The molecule has 1 atom stereocenters. The van der Waals surface area contributed by atoms with Crippen LogP contribution in [0.3, 0.4) is 0 Å². The Balaban J connectivity index is 1.47. The average Bonchev–Trinajstić information content (AvgIpc) is 3.29. The summed E-state index contributed by atoms with van der Waals surface area (Å²) in [7, 11) is 1.60. The third-order valence-corrected chi connectivity index (χ3v) is 5.57. The summed E-state index contributed by atoms with van der Waals surface area (Å²) >= 11 is 0. The summed E-state index contributed by atoms with van der Waals surface area (Å²) in [6, 6.07) is 3.90. The van der Waals surface area contributed by atoms with E-state index in [1.807, 2.05) is 4.90 Å². The van der Waals surface area contributed by atoms with Crippen molar-refractivity contribution in [3.63, 3.8) is 0 Å². The first-order valence-electron chi connectivity index (χ1n) is 9.27. The molecule has 2 aromatic rings. The van der Waals surface area contributed by atoms with Crippen LogP contribution in [0.2, 0.25) is 0 Å². The Labute approximate surface area is 152 Å². The molecule has 1 amide bonds. The molecule has 26 heavy (non-hydrogen) atoms. The lowest BCUT2D eigenvalue weighted by molar-refractivity contribution is -0.130. The fourth-order valence-electron chi connectivity index (χ4n) is 3.97. The fraction of sp³-hybridized carbons (Fsp3) is 0.579. The first kappa shape index (κ1) is 17.0. The van der Waals surface area contributed by atoms with E-state index in [4.69, 9.17) is 9.26 Å². The Morgan fingerprint density at radius 3 is 2.85 bits per heavy atom. The number of aromatic nitrogens is 3. The van der Waals surface area contributed by atoms with Crippen LogP contribution < -0.4 is 4.74 Å². The standard InChI is InChI=1S/C19H24N4O3/c1-12-3-5-14(6-4-12)23-11-13(9-17(23)24)19-21-18(22-26-19)16-10-15(25-2)7-8-20-16/h7-8,10,12-14H,3-6,9,11H2,1-2H3. The molecule has 2 fully saturated rings.